The van der Waals surface area contributed by atoms with Crippen LogP contribution in [0.25, 0.3) is 10.2 Å². The number of thiophene rings is 1. The van der Waals surface area contributed by atoms with Crippen molar-refractivity contribution in [3.05, 3.63) is 11.4 Å². The largest absolute Gasteiger partial charge is 0.372 e. The molecule has 0 atom stereocenters. The molecule has 1 fully saturated rings. The molecule has 1 aliphatic heterocycles. The molecule has 0 aliphatic carbocycles. The number of nitrogens with one attached hydrogen (secondary N) is 1. The van der Waals surface area contributed by atoms with Crippen LogP contribution in [0.1, 0.15) is 13.8 Å². The number of nitrogens with zero attached hydrogens (tertiary/aromatic N) is 3. The molecule has 6 heteroatoms. The van der Waals surface area contributed by atoms with Gasteiger partial charge >= 0.3 is 0 Å². The van der Waals surface area contributed by atoms with Gasteiger partial charge < -0.3 is 15.0 Å². The molecule has 0 radical (unpaired) electrons. The van der Waals surface area contributed by atoms with E-state index in [0.29, 0.717) is 5.95 Å². The third-order valence-electron chi connectivity index (χ3n) is 3.25. The van der Waals surface area contributed by atoms with Gasteiger partial charge in [0.15, 0.2) is 0 Å². The lowest BCUT2D eigenvalue weighted by molar-refractivity contribution is -0.0278. The van der Waals surface area contributed by atoms with Crippen LogP contribution in [0.4, 0.5) is 11.8 Å². The summed E-state index contributed by atoms with van der Waals surface area (Å²) in [5.41, 5.74) is -0.134. The summed E-state index contributed by atoms with van der Waals surface area (Å²) in [6, 6.07) is 2.09. The van der Waals surface area contributed by atoms with E-state index in [1.54, 1.807) is 11.3 Å². The zero-order chi connectivity index (χ0) is 13.5. The summed E-state index contributed by atoms with van der Waals surface area (Å²) in [5, 5.41) is 6.23. The van der Waals surface area contributed by atoms with Gasteiger partial charge in [-0.3, -0.25) is 0 Å². The van der Waals surface area contributed by atoms with Crippen molar-refractivity contribution in [2.75, 3.05) is 37.0 Å². The van der Waals surface area contributed by atoms with E-state index < -0.39 is 0 Å². The number of ether oxygens (including phenoxy) is 1. The SMILES string of the molecule is CNc1nc(N2CCOC(C)(C)C2)c2ccsc2n1. The van der Waals surface area contributed by atoms with Crippen LogP contribution in [0.15, 0.2) is 11.4 Å². The van der Waals surface area contributed by atoms with Crippen molar-refractivity contribution in [3.8, 4) is 0 Å². The molecule has 102 valence electrons. The Bertz CT molecular complexity index is 595. The molecule has 1 N–H and O–H groups in total. The summed E-state index contributed by atoms with van der Waals surface area (Å²) in [7, 11) is 1.85. The Hall–Kier alpha value is -1.40. The van der Waals surface area contributed by atoms with E-state index >= 15 is 0 Å². The van der Waals surface area contributed by atoms with Crippen LogP contribution >= 0.6 is 11.3 Å². The lowest BCUT2D eigenvalue weighted by Gasteiger charge is -2.39. The Balaban J connectivity index is 2.05. The first-order valence-electron chi connectivity index (χ1n) is 6.41. The average molecular weight is 278 g/mol. The van der Waals surface area contributed by atoms with Gasteiger partial charge in [0, 0.05) is 20.1 Å². The van der Waals surface area contributed by atoms with Crippen LogP contribution in [0.5, 0.6) is 0 Å². The van der Waals surface area contributed by atoms with Crippen molar-refractivity contribution in [2.45, 2.75) is 19.4 Å². The third-order valence-corrected chi connectivity index (χ3v) is 4.06. The van der Waals surface area contributed by atoms with Gasteiger partial charge in [-0.2, -0.15) is 4.98 Å². The summed E-state index contributed by atoms with van der Waals surface area (Å²) in [6.45, 7) is 6.68. The van der Waals surface area contributed by atoms with E-state index in [9.17, 15) is 0 Å². The van der Waals surface area contributed by atoms with Crippen LogP contribution in [0.3, 0.4) is 0 Å². The first-order valence-corrected chi connectivity index (χ1v) is 7.29. The first-order chi connectivity index (χ1) is 9.09. The predicted octanol–water partition coefficient (Wildman–Crippen LogP) is 2.35. The van der Waals surface area contributed by atoms with Gasteiger partial charge in [-0.1, -0.05) is 0 Å². The Morgan fingerprint density at radius 2 is 2.26 bits per heavy atom. The summed E-state index contributed by atoms with van der Waals surface area (Å²) in [5.74, 6) is 1.68. The van der Waals surface area contributed by atoms with Crippen LogP contribution in [0, 0.1) is 0 Å². The quantitative estimate of drug-likeness (QED) is 0.914. The highest BCUT2D eigenvalue weighted by Gasteiger charge is 2.29. The monoisotopic (exact) mass is 278 g/mol. The minimum absolute atomic E-state index is 0.134. The van der Waals surface area contributed by atoms with Crippen molar-refractivity contribution < 1.29 is 4.74 Å². The van der Waals surface area contributed by atoms with Crippen LogP contribution in [-0.4, -0.2) is 42.3 Å². The zero-order valence-electron chi connectivity index (χ0n) is 11.4. The second-order valence-electron chi connectivity index (χ2n) is 5.29. The number of aromatic nitrogens is 2. The Kier molecular flexibility index (Phi) is 3.06. The molecule has 0 bridgehead atoms. The Morgan fingerprint density at radius 1 is 1.42 bits per heavy atom. The zero-order valence-corrected chi connectivity index (χ0v) is 12.3. The molecule has 0 amide bonds. The van der Waals surface area contributed by atoms with Gasteiger partial charge in [0.05, 0.1) is 17.6 Å². The highest BCUT2D eigenvalue weighted by Crippen LogP contribution is 2.31. The summed E-state index contributed by atoms with van der Waals surface area (Å²) in [6.07, 6.45) is 0. The van der Waals surface area contributed by atoms with Crippen molar-refractivity contribution in [3.63, 3.8) is 0 Å². The third kappa shape index (κ3) is 2.37. The fraction of sp³-hybridized carbons (Fsp3) is 0.538. The molecule has 2 aromatic rings. The van der Waals surface area contributed by atoms with Gasteiger partial charge in [0.2, 0.25) is 5.95 Å². The average Bonchev–Trinajstić information content (AvgIpc) is 2.84. The second-order valence-corrected chi connectivity index (χ2v) is 6.18. The number of rotatable bonds is 2. The smallest absolute Gasteiger partial charge is 0.225 e. The maximum atomic E-state index is 5.77. The number of hydrogen-bond donors (Lipinski definition) is 1. The molecule has 3 rings (SSSR count). The van der Waals surface area contributed by atoms with Crippen LogP contribution < -0.4 is 10.2 Å². The van der Waals surface area contributed by atoms with Crippen molar-refractivity contribution >= 4 is 33.3 Å². The summed E-state index contributed by atoms with van der Waals surface area (Å²) >= 11 is 1.65. The number of hydrogen-bond acceptors (Lipinski definition) is 6. The summed E-state index contributed by atoms with van der Waals surface area (Å²) < 4.78 is 5.77. The molecule has 5 nitrogen and oxygen atoms in total. The molecule has 0 spiro atoms. The Morgan fingerprint density at radius 3 is 3.00 bits per heavy atom. The van der Waals surface area contributed by atoms with Gasteiger partial charge in [-0.05, 0) is 25.3 Å². The second kappa shape index (κ2) is 4.61. The first kappa shape index (κ1) is 12.6. The van der Waals surface area contributed by atoms with E-state index in [2.05, 4.69) is 45.5 Å². The lowest BCUT2D eigenvalue weighted by atomic mass is 10.1. The maximum absolute atomic E-state index is 5.77. The minimum atomic E-state index is -0.134. The normalized spacial score (nSPS) is 18.8. The molecule has 0 unspecified atom stereocenters. The molecule has 19 heavy (non-hydrogen) atoms. The standard InChI is InChI=1S/C13H18N4OS/c1-13(2)8-17(5-6-18-13)10-9-4-7-19-11(9)16-12(14-3)15-10/h4,7H,5-6,8H2,1-3H3,(H,14,15,16). The number of fused-ring (bicyclic) bond motifs is 1. The molecule has 1 saturated heterocycles. The van der Waals surface area contributed by atoms with Crippen molar-refractivity contribution in [1.29, 1.82) is 0 Å². The van der Waals surface area contributed by atoms with Gasteiger partial charge in [0.1, 0.15) is 10.6 Å². The molecule has 1 aliphatic rings. The molecular weight excluding hydrogens is 260 g/mol. The molecule has 0 saturated carbocycles. The Labute approximate surface area is 116 Å². The molecular formula is C13H18N4OS. The van der Waals surface area contributed by atoms with E-state index in [-0.39, 0.29) is 5.60 Å². The minimum Gasteiger partial charge on any atom is -0.372 e. The van der Waals surface area contributed by atoms with Gasteiger partial charge in [0.25, 0.3) is 0 Å². The number of anilines is 2. The van der Waals surface area contributed by atoms with Crippen LogP contribution in [-0.2, 0) is 4.74 Å². The highest BCUT2D eigenvalue weighted by molar-refractivity contribution is 7.16. The van der Waals surface area contributed by atoms with E-state index in [4.69, 9.17) is 4.74 Å². The predicted molar refractivity (Wildman–Crippen MR) is 79.2 cm³/mol. The summed E-state index contributed by atoms with van der Waals surface area (Å²) in [4.78, 5) is 12.4. The fourth-order valence-corrected chi connectivity index (χ4v) is 3.15. The van der Waals surface area contributed by atoms with Gasteiger partial charge in [-0.25, -0.2) is 4.98 Å². The molecule has 0 aromatic carbocycles. The lowest BCUT2D eigenvalue weighted by Crippen LogP contribution is -2.48. The van der Waals surface area contributed by atoms with Crippen molar-refractivity contribution in [1.82, 2.24) is 9.97 Å². The molecule has 3 heterocycles. The fourth-order valence-electron chi connectivity index (χ4n) is 2.39. The van der Waals surface area contributed by atoms with E-state index in [1.165, 1.54) is 0 Å². The van der Waals surface area contributed by atoms with E-state index in [0.717, 1.165) is 35.7 Å². The highest BCUT2D eigenvalue weighted by atomic mass is 32.1. The van der Waals surface area contributed by atoms with Crippen LogP contribution in [0.2, 0.25) is 0 Å². The van der Waals surface area contributed by atoms with Crippen molar-refractivity contribution in [2.24, 2.45) is 0 Å². The number of morpholine rings is 1. The van der Waals surface area contributed by atoms with Gasteiger partial charge in [-0.15, -0.1) is 11.3 Å². The molecule has 2 aromatic heterocycles. The topological polar surface area (TPSA) is 50.3 Å². The van der Waals surface area contributed by atoms with E-state index in [1.807, 2.05) is 7.05 Å². The maximum Gasteiger partial charge on any atom is 0.225 e.